The number of benzene rings is 1. The fourth-order valence-corrected chi connectivity index (χ4v) is 2.50. The van der Waals surface area contributed by atoms with Crippen molar-refractivity contribution >= 4 is 5.91 Å². The van der Waals surface area contributed by atoms with Gasteiger partial charge in [-0.2, -0.15) is 0 Å². The zero-order valence-electron chi connectivity index (χ0n) is 13.7. The first kappa shape index (κ1) is 16.8. The van der Waals surface area contributed by atoms with Gasteiger partial charge in [0.2, 0.25) is 5.91 Å². The molecule has 1 aliphatic rings. The molecule has 0 saturated carbocycles. The molecule has 0 bridgehead atoms. The van der Waals surface area contributed by atoms with Crippen LogP contribution in [0.1, 0.15) is 19.4 Å². The number of morpholine rings is 1. The number of ether oxygens (including phenoxy) is 2. The molecule has 22 heavy (non-hydrogen) atoms. The lowest BCUT2D eigenvalue weighted by Gasteiger charge is -2.32. The molecule has 2 rings (SSSR count). The maximum atomic E-state index is 12.1. The molecule has 1 aromatic rings. The Labute approximate surface area is 132 Å². The topological polar surface area (TPSA) is 50.8 Å². The number of amides is 1. The van der Waals surface area contributed by atoms with E-state index in [-0.39, 0.29) is 12.0 Å². The van der Waals surface area contributed by atoms with E-state index in [0.717, 1.165) is 24.4 Å². The van der Waals surface area contributed by atoms with Gasteiger partial charge in [0.1, 0.15) is 11.9 Å². The minimum absolute atomic E-state index is 0.0153. The zero-order valence-corrected chi connectivity index (χ0v) is 13.7. The third-order valence-electron chi connectivity index (χ3n) is 3.71. The third-order valence-corrected chi connectivity index (χ3v) is 3.71. The van der Waals surface area contributed by atoms with Crippen LogP contribution in [0.4, 0.5) is 0 Å². The number of hydrogen-bond donors (Lipinski definition) is 1. The number of nitrogens with one attached hydrogen (secondary N) is 1. The Bertz CT molecular complexity index is 491. The molecule has 0 spiro atoms. The van der Waals surface area contributed by atoms with E-state index in [1.807, 2.05) is 18.2 Å². The van der Waals surface area contributed by atoms with Crippen molar-refractivity contribution in [1.29, 1.82) is 0 Å². The monoisotopic (exact) mass is 306 g/mol. The SMILES string of the molecule is COc1ccccc1CN1CCOC(C(=O)NCC(C)C)C1. The highest BCUT2D eigenvalue weighted by Crippen LogP contribution is 2.20. The van der Waals surface area contributed by atoms with E-state index in [4.69, 9.17) is 9.47 Å². The Hall–Kier alpha value is -1.59. The van der Waals surface area contributed by atoms with Gasteiger partial charge in [-0.3, -0.25) is 9.69 Å². The van der Waals surface area contributed by atoms with E-state index < -0.39 is 0 Å². The van der Waals surface area contributed by atoms with E-state index in [1.54, 1.807) is 7.11 Å². The molecule has 1 N–H and O–H groups in total. The number of methoxy groups -OCH3 is 1. The van der Waals surface area contributed by atoms with Crippen LogP contribution in [0.5, 0.6) is 5.75 Å². The Balaban J connectivity index is 1.91. The first-order chi connectivity index (χ1) is 10.6. The van der Waals surface area contributed by atoms with Gasteiger partial charge in [0.05, 0.1) is 13.7 Å². The zero-order chi connectivity index (χ0) is 15.9. The smallest absolute Gasteiger partial charge is 0.250 e. The lowest BCUT2D eigenvalue weighted by molar-refractivity contribution is -0.138. The van der Waals surface area contributed by atoms with Crippen molar-refractivity contribution in [3.05, 3.63) is 29.8 Å². The lowest BCUT2D eigenvalue weighted by atomic mass is 10.1. The normalized spacial score (nSPS) is 19.2. The van der Waals surface area contributed by atoms with Gasteiger partial charge in [-0.05, 0) is 12.0 Å². The first-order valence-electron chi connectivity index (χ1n) is 7.83. The fraction of sp³-hybridized carbons (Fsp3) is 0.588. The summed E-state index contributed by atoms with van der Waals surface area (Å²) < 4.78 is 11.0. The quantitative estimate of drug-likeness (QED) is 0.868. The van der Waals surface area contributed by atoms with Gasteiger partial charge in [0.15, 0.2) is 0 Å². The molecule has 1 amide bonds. The fourth-order valence-electron chi connectivity index (χ4n) is 2.50. The molecule has 1 heterocycles. The number of hydrogen-bond acceptors (Lipinski definition) is 4. The molecular formula is C17H26N2O3. The van der Waals surface area contributed by atoms with Crippen LogP contribution >= 0.6 is 0 Å². The van der Waals surface area contributed by atoms with Gasteiger partial charge in [-0.25, -0.2) is 0 Å². The number of carbonyl (C=O) groups excluding carboxylic acids is 1. The average Bonchev–Trinajstić information content (AvgIpc) is 2.53. The van der Waals surface area contributed by atoms with Crippen LogP contribution in [-0.4, -0.2) is 50.3 Å². The minimum Gasteiger partial charge on any atom is -0.496 e. The standard InChI is InChI=1S/C17H26N2O3/c1-13(2)10-18-17(20)16-12-19(8-9-22-16)11-14-6-4-5-7-15(14)21-3/h4-7,13,16H,8-12H2,1-3H3,(H,18,20). The van der Waals surface area contributed by atoms with E-state index in [1.165, 1.54) is 0 Å². The Morgan fingerprint density at radius 3 is 2.95 bits per heavy atom. The molecular weight excluding hydrogens is 280 g/mol. The molecule has 0 aliphatic carbocycles. The van der Waals surface area contributed by atoms with Crippen LogP contribution in [0.15, 0.2) is 24.3 Å². The van der Waals surface area contributed by atoms with Crippen LogP contribution in [-0.2, 0) is 16.1 Å². The van der Waals surface area contributed by atoms with E-state index in [2.05, 4.69) is 30.1 Å². The summed E-state index contributed by atoms with van der Waals surface area (Å²) in [7, 11) is 1.68. The largest absolute Gasteiger partial charge is 0.496 e. The molecule has 1 saturated heterocycles. The van der Waals surface area contributed by atoms with E-state index in [9.17, 15) is 4.79 Å². The van der Waals surface area contributed by atoms with Gasteiger partial charge in [-0.1, -0.05) is 32.0 Å². The molecule has 1 aliphatic heterocycles. The summed E-state index contributed by atoms with van der Waals surface area (Å²) in [4.78, 5) is 14.4. The molecule has 5 nitrogen and oxygen atoms in total. The average molecular weight is 306 g/mol. The van der Waals surface area contributed by atoms with Crippen LogP contribution in [0.25, 0.3) is 0 Å². The lowest BCUT2D eigenvalue weighted by Crippen LogP contribution is -2.50. The predicted molar refractivity (Wildman–Crippen MR) is 85.9 cm³/mol. The maximum absolute atomic E-state index is 12.1. The second-order valence-electron chi connectivity index (χ2n) is 6.05. The van der Waals surface area contributed by atoms with Gasteiger partial charge in [0, 0.05) is 31.7 Å². The Morgan fingerprint density at radius 1 is 1.45 bits per heavy atom. The van der Waals surface area contributed by atoms with Gasteiger partial charge < -0.3 is 14.8 Å². The van der Waals surface area contributed by atoms with Crippen LogP contribution < -0.4 is 10.1 Å². The third kappa shape index (κ3) is 4.71. The number of carbonyl (C=O) groups is 1. The van der Waals surface area contributed by atoms with Crippen LogP contribution in [0, 0.1) is 5.92 Å². The van der Waals surface area contributed by atoms with E-state index in [0.29, 0.717) is 25.6 Å². The second kappa shape index (κ2) is 8.15. The summed E-state index contributed by atoms with van der Waals surface area (Å²) >= 11 is 0. The first-order valence-corrected chi connectivity index (χ1v) is 7.83. The highest BCUT2D eigenvalue weighted by atomic mass is 16.5. The van der Waals surface area contributed by atoms with Crippen molar-refractivity contribution in [3.8, 4) is 5.75 Å². The van der Waals surface area contributed by atoms with Crippen LogP contribution in [0.3, 0.4) is 0 Å². The molecule has 1 unspecified atom stereocenters. The van der Waals surface area contributed by atoms with Gasteiger partial charge in [-0.15, -0.1) is 0 Å². The maximum Gasteiger partial charge on any atom is 0.250 e. The molecule has 1 fully saturated rings. The highest BCUT2D eigenvalue weighted by Gasteiger charge is 2.26. The number of para-hydroxylation sites is 1. The Morgan fingerprint density at radius 2 is 2.23 bits per heavy atom. The minimum atomic E-state index is -0.387. The van der Waals surface area contributed by atoms with Crippen molar-refractivity contribution in [1.82, 2.24) is 10.2 Å². The van der Waals surface area contributed by atoms with Gasteiger partial charge >= 0.3 is 0 Å². The predicted octanol–water partition coefficient (Wildman–Crippen LogP) is 1.67. The van der Waals surface area contributed by atoms with E-state index >= 15 is 0 Å². The van der Waals surface area contributed by atoms with Crippen molar-refractivity contribution in [2.45, 2.75) is 26.5 Å². The summed E-state index contributed by atoms with van der Waals surface area (Å²) in [5.74, 6) is 1.31. The second-order valence-corrected chi connectivity index (χ2v) is 6.05. The van der Waals surface area contributed by atoms with Crippen LogP contribution in [0.2, 0.25) is 0 Å². The van der Waals surface area contributed by atoms with Crippen molar-refractivity contribution in [3.63, 3.8) is 0 Å². The number of nitrogens with zero attached hydrogens (tertiary/aromatic N) is 1. The van der Waals surface area contributed by atoms with Crippen molar-refractivity contribution < 1.29 is 14.3 Å². The molecule has 0 aromatic heterocycles. The molecule has 122 valence electrons. The highest BCUT2D eigenvalue weighted by molar-refractivity contribution is 5.81. The van der Waals surface area contributed by atoms with Crippen molar-refractivity contribution in [2.24, 2.45) is 5.92 Å². The molecule has 1 aromatic carbocycles. The number of rotatable bonds is 6. The summed E-state index contributed by atoms with van der Waals surface area (Å²) in [5.41, 5.74) is 1.13. The molecule has 0 radical (unpaired) electrons. The summed E-state index contributed by atoms with van der Waals surface area (Å²) in [6.45, 7) is 7.63. The van der Waals surface area contributed by atoms with Crippen molar-refractivity contribution in [2.75, 3.05) is 33.4 Å². The van der Waals surface area contributed by atoms with Gasteiger partial charge in [0.25, 0.3) is 0 Å². The molecule has 5 heteroatoms. The summed E-state index contributed by atoms with van der Waals surface area (Å²) in [6.07, 6.45) is -0.387. The summed E-state index contributed by atoms with van der Waals surface area (Å²) in [6, 6.07) is 7.99. The Kier molecular flexibility index (Phi) is 6.21. The molecule has 1 atom stereocenters. The summed E-state index contributed by atoms with van der Waals surface area (Å²) in [5, 5.41) is 2.94.